The fraction of sp³-hybridized carbons (Fsp3) is 0.647. The molecule has 1 saturated carbocycles. The van der Waals surface area contributed by atoms with Gasteiger partial charge in [0.1, 0.15) is 5.75 Å². The third-order valence-corrected chi connectivity index (χ3v) is 5.16. The number of benzene rings is 1. The summed E-state index contributed by atoms with van der Waals surface area (Å²) in [7, 11) is 0. The Labute approximate surface area is 130 Å². The van der Waals surface area contributed by atoms with Crippen LogP contribution in [0, 0.1) is 5.92 Å². The third kappa shape index (κ3) is 3.04. The minimum atomic E-state index is 0.602. The summed E-state index contributed by atoms with van der Waals surface area (Å²) in [5.74, 6) is 2.00. The lowest BCUT2D eigenvalue weighted by Crippen LogP contribution is -2.37. The molecule has 1 N–H and O–H groups in total. The predicted octanol–water partition coefficient (Wildman–Crippen LogP) is 4.09. The summed E-state index contributed by atoms with van der Waals surface area (Å²) in [6.07, 6.45) is 7.72. The standard InChI is InChI=1S/C17H24BrNO/c1-2-19-16(12-5-3-4-6-12)11-14-10-15(18)9-13-7-8-20-17(13)14/h9-10,12,16,19H,2-8,11H2,1H3. The van der Waals surface area contributed by atoms with Crippen LogP contribution in [0.4, 0.5) is 0 Å². The number of ether oxygens (including phenoxy) is 1. The first kappa shape index (κ1) is 14.4. The monoisotopic (exact) mass is 337 g/mol. The molecule has 0 spiro atoms. The summed E-state index contributed by atoms with van der Waals surface area (Å²) >= 11 is 3.65. The lowest BCUT2D eigenvalue weighted by Gasteiger charge is -2.25. The normalized spacial score (nSPS) is 19.9. The molecular weight excluding hydrogens is 314 g/mol. The highest BCUT2D eigenvalue weighted by Gasteiger charge is 2.27. The van der Waals surface area contributed by atoms with Gasteiger partial charge in [0.2, 0.25) is 0 Å². The molecule has 0 bridgehead atoms. The molecule has 1 aliphatic heterocycles. The molecular formula is C17H24BrNO. The zero-order valence-electron chi connectivity index (χ0n) is 12.3. The van der Waals surface area contributed by atoms with Crippen LogP contribution < -0.4 is 10.1 Å². The topological polar surface area (TPSA) is 21.3 Å². The summed E-state index contributed by atoms with van der Waals surface area (Å²) in [5.41, 5.74) is 2.75. The second-order valence-electron chi connectivity index (χ2n) is 6.06. The second kappa shape index (κ2) is 6.48. The highest BCUT2D eigenvalue weighted by atomic mass is 79.9. The minimum absolute atomic E-state index is 0.602. The molecule has 1 aliphatic carbocycles. The van der Waals surface area contributed by atoms with E-state index in [9.17, 15) is 0 Å². The van der Waals surface area contributed by atoms with Crippen LogP contribution in [0.3, 0.4) is 0 Å². The van der Waals surface area contributed by atoms with Crippen molar-refractivity contribution in [3.63, 3.8) is 0 Å². The minimum Gasteiger partial charge on any atom is -0.493 e. The van der Waals surface area contributed by atoms with Crippen molar-refractivity contribution in [1.29, 1.82) is 0 Å². The summed E-state index contributed by atoms with van der Waals surface area (Å²) in [4.78, 5) is 0. The van der Waals surface area contributed by atoms with Gasteiger partial charge in [0.15, 0.2) is 0 Å². The van der Waals surface area contributed by atoms with E-state index in [1.807, 2.05) is 0 Å². The van der Waals surface area contributed by atoms with E-state index in [1.165, 1.54) is 41.3 Å². The average molecular weight is 338 g/mol. The van der Waals surface area contributed by atoms with Crippen LogP contribution in [0.2, 0.25) is 0 Å². The maximum absolute atomic E-state index is 5.88. The number of likely N-dealkylation sites (N-methyl/N-ethyl adjacent to an activating group) is 1. The van der Waals surface area contributed by atoms with E-state index in [0.717, 1.165) is 37.7 Å². The highest BCUT2D eigenvalue weighted by Crippen LogP contribution is 2.36. The largest absolute Gasteiger partial charge is 0.493 e. The summed E-state index contributed by atoms with van der Waals surface area (Å²) in [6, 6.07) is 5.07. The summed E-state index contributed by atoms with van der Waals surface area (Å²) < 4.78 is 7.07. The number of hydrogen-bond donors (Lipinski definition) is 1. The average Bonchev–Trinajstić information content (AvgIpc) is 3.08. The Hall–Kier alpha value is -0.540. The van der Waals surface area contributed by atoms with Gasteiger partial charge in [-0.05, 0) is 55.0 Å². The molecule has 1 aromatic rings. The van der Waals surface area contributed by atoms with Crippen LogP contribution in [0.5, 0.6) is 5.75 Å². The number of fused-ring (bicyclic) bond motifs is 1. The van der Waals surface area contributed by atoms with Crippen LogP contribution >= 0.6 is 15.9 Å². The molecule has 0 radical (unpaired) electrons. The van der Waals surface area contributed by atoms with Gasteiger partial charge in [-0.15, -0.1) is 0 Å². The molecule has 1 fully saturated rings. The van der Waals surface area contributed by atoms with E-state index in [0.29, 0.717) is 6.04 Å². The summed E-state index contributed by atoms with van der Waals surface area (Å²) in [6.45, 7) is 4.11. The van der Waals surface area contributed by atoms with Crippen molar-refractivity contribution < 1.29 is 4.74 Å². The van der Waals surface area contributed by atoms with Crippen LogP contribution in [0.1, 0.15) is 43.7 Å². The smallest absolute Gasteiger partial charge is 0.125 e. The van der Waals surface area contributed by atoms with Gasteiger partial charge in [0.05, 0.1) is 6.61 Å². The number of nitrogens with one attached hydrogen (secondary N) is 1. The van der Waals surface area contributed by atoms with Crippen molar-refractivity contribution in [2.75, 3.05) is 13.2 Å². The first-order chi connectivity index (χ1) is 9.78. The Balaban J connectivity index is 1.81. The lowest BCUT2D eigenvalue weighted by molar-refractivity contribution is 0.338. The predicted molar refractivity (Wildman–Crippen MR) is 86.5 cm³/mol. The van der Waals surface area contributed by atoms with E-state index >= 15 is 0 Å². The van der Waals surface area contributed by atoms with Gasteiger partial charge < -0.3 is 10.1 Å². The fourth-order valence-corrected chi connectivity index (χ4v) is 4.31. The molecule has 2 nitrogen and oxygen atoms in total. The fourth-order valence-electron chi connectivity index (χ4n) is 3.76. The molecule has 3 heteroatoms. The molecule has 0 amide bonds. The Morgan fingerprint density at radius 2 is 2.15 bits per heavy atom. The molecule has 1 heterocycles. The maximum Gasteiger partial charge on any atom is 0.125 e. The molecule has 0 saturated heterocycles. The van der Waals surface area contributed by atoms with Gasteiger partial charge in [-0.25, -0.2) is 0 Å². The molecule has 110 valence electrons. The maximum atomic E-state index is 5.88. The van der Waals surface area contributed by atoms with Crippen LogP contribution in [-0.2, 0) is 12.8 Å². The number of rotatable bonds is 5. The van der Waals surface area contributed by atoms with Gasteiger partial charge in [-0.3, -0.25) is 0 Å². The Morgan fingerprint density at radius 1 is 1.35 bits per heavy atom. The third-order valence-electron chi connectivity index (χ3n) is 4.70. The van der Waals surface area contributed by atoms with Crippen LogP contribution in [-0.4, -0.2) is 19.2 Å². The molecule has 0 aromatic heterocycles. The van der Waals surface area contributed by atoms with Gasteiger partial charge in [0, 0.05) is 16.9 Å². The van der Waals surface area contributed by atoms with Gasteiger partial charge in [-0.2, -0.15) is 0 Å². The zero-order chi connectivity index (χ0) is 13.9. The first-order valence-corrected chi connectivity index (χ1v) is 8.74. The Morgan fingerprint density at radius 3 is 2.90 bits per heavy atom. The van der Waals surface area contributed by atoms with Crippen LogP contribution in [0.25, 0.3) is 0 Å². The van der Waals surface area contributed by atoms with E-state index in [4.69, 9.17) is 4.74 Å². The Bertz CT molecular complexity index is 468. The van der Waals surface area contributed by atoms with E-state index in [1.54, 1.807) is 0 Å². The number of halogens is 1. The van der Waals surface area contributed by atoms with Crippen molar-refractivity contribution >= 4 is 15.9 Å². The Kier molecular flexibility index (Phi) is 4.67. The highest BCUT2D eigenvalue weighted by molar-refractivity contribution is 9.10. The van der Waals surface area contributed by atoms with E-state index < -0.39 is 0 Å². The molecule has 3 rings (SSSR count). The zero-order valence-corrected chi connectivity index (χ0v) is 13.8. The molecule has 1 atom stereocenters. The van der Waals surface area contributed by atoms with Crippen molar-refractivity contribution in [2.45, 2.75) is 51.5 Å². The van der Waals surface area contributed by atoms with Gasteiger partial charge >= 0.3 is 0 Å². The molecule has 20 heavy (non-hydrogen) atoms. The number of hydrogen-bond acceptors (Lipinski definition) is 2. The van der Waals surface area contributed by atoms with Gasteiger partial charge in [-0.1, -0.05) is 35.7 Å². The SMILES string of the molecule is CCNC(Cc1cc(Br)cc2c1OCC2)C1CCCC1. The molecule has 1 aromatic carbocycles. The van der Waals surface area contributed by atoms with Crippen molar-refractivity contribution in [2.24, 2.45) is 5.92 Å². The van der Waals surface area contributed by atoms with Crippen LogP contribution in [0.15, 0.2) is 16.6 Å². The second-order valence-corrected chi connectivity index (χ2v) is 6.98. The summed E-state index contributed by atoms with van der Waals surface area (Å²) in [5, 5.41) is 3.71. The first-order valence-electron chi connectivity index (χ1n) is 7.95. The lowest BCUT2D eigenvalue weighted by atomic mass is 9.91. The van der Waals surface area contributed by atoms with Crippen molar-refractivity contribution in [3.05, 3.63) is 27.7 Å². The van der Waals surface area contributed by atoms with Crippen molar-refractivity contribution in [1.82, 2.24) is 5.32 Å². The molecule has 2 aliphatic rings. The van der Waals surface area contributed by atoms with E-state index in [2.05, 4.69) is 40.3 Å². The van der Waals surface area contributed by atoms with E-state index in [-0.39, 0.29) is 0 Å². The molecule has 1 unspecified atom stereocenters. The van der Waals surface area contributed by atoms with Gasteiger partial charge in [0.25, 0.3) is 0 Å². The van der Waals surface area contributed by atoms with Crippen molar-refractivity contribution in [3.8, 4) is 5.75 Å². The quantitative estimate of drug-likeness (QED) is 0.873.